The SMILES string of the molecule is CC(OC1CCNC1)c1ccc(C(F)(F)F)cc1. The number of benzene rings is 1. The van der Waals surface area contributed by atoms with Crippen LogP contribution in [0.15, 0.2) is 24.3 Å². The van der Waals surface area contributed by atoms with E-state index in [4.69, 9.17) is 4.74 Å². The molecule has 18 heavy (non-hydrogen) atoms. The number of halogens is 3. The lowest BCUT2D eigenvalue weighted by Gasteiger charge is -2.18. The summed E-state index contributed by atoms with van der Waals surface area (Å²) in [6.45, 7) is 3.61. The molecule has 1 aromatic carbocycles. The van der Waals surface area contributed by atoms with Crippen molar-refractivity contribution in [2.45, 2.75) is 31.7 Å². The quantitative estimate of drug-likeness (QED) is 0.900. The van der Waals surface area contributed by atoms with Crippen LogP contribution in [0, 0.1) is 0 Å². The molecule has 0 amide bonds. The smallest absolute Gasteiger partial charge is 0.369 e. The van der Waals surface area contributed by atoms with Gasteiger partial charge in [0.1, 0.15) is 0 Å². The highest BCUT2D eigenvalue weighted by Crippen LogP contribution is 2.30. The molecule has 100 valence electrons. The second-order valence-electron chi connectivity index (χ2n) is 4.51. The number of hydrogen-bond donors (Lipinski definition) is 1. The average Bonchev–Trinajstić information content (AvgIpc) is 2.81. The van der Waals surface area contributed by atoms with Crippen LogP contribution in [-0.2, 0) is 10.9 Å². The Kier molecular flexibility index (Phi) is 3.92. The van der Waals surface area contributed by atoms with Crippen molar-refractivity contribution in [3.8, 4) is 0 Å². The number of rotatable bonds is 3. The maximum atomic E-state index is 12.4. The molecule has 0 spiro atoms. The van der Waals surface area contributed by atoms with Gasteiger partial charge in [0, 0.05) is 6.54 Å². The number of ether oxygens (including phenoxy) is 1. The fourth-order valence-electron chi connectivity index (χ4n) is 2.05. The molecule has 2 atom stereocenters. The summed E-state index contributed by atoms with van der Waals surface area (Å²) in [6, 6.07) is 5.16. The zero-order valence-corrected chi connectivity index (χ0v) is 10.1. The molecule has 1 aromatic rings. The zero-order valence-electron chi connectivity index (χ0n) is 10.1. The van der Waals surface area contributed by atoms with E-state index in [9.17, 15) is 13.2 Å². The molecule has 0 aromatic heterocycles. The average molecular weight is 259 g/mol. The summed E-state index contributed by atoms with van der Waals surface area (Å²) in [5.74, 6) is 0. The highest BCUT2D eigenvalue weighted by Gasteiger charge is 2.30. The lowest BCUT2D eigenvalue weighted by atomic mass is 10.1. The predicted molar refractivity (Wildman–Crippen MR) is 62.2 cm³/mol. The van der Waals surface area contributed by atoms with Crippen molar-refractivity contribution in [3.05, 3.63) is 35.4 Å². The molecule has 1 aliphatic heterocycles. The molecule has 5 heteroatoms. The van der Waals surface area contributed by atoms with Crippen LogP contribution in [0.3, 0.4) is 0 Å². The Hall–Kier alpha value is -1.07. The Labute approximate surface area is 104 Å². The zero-order chi connectivity index (χ0) is 13.2. The molecule has 0 saturated carbocycles. The van der Waals surface area contributed by atoms with Gasteiger partial charge in [-0.2, -0.15) is 13.2 Å². The van der Waals surface area contributed by atoms with E-state index in [-0.39, 0.29) is 12.2 Å². The first-order valence-corrected chi connectivity index (χ1v) is 6.00. The van der Waals surface area contributed by atoms with E-state index in [1.807, 2.05) is 6.92 Å². The molecule has 1 aliphatic rings. The third kappa shape index (κ3) is 3.23. The molecule has 2 unspecified atom stereocenters. The maximum absolute atomic E-state index is 12.4. The fourth-order valence-corrected chi connectivity index (χ4v) is 2.05. The molecule has 1 fully saturated rings. The van der Waals surface area contributed by atoms with Gasteiger partial charge < -0.3 is 10.1 Å². The summed E-state index contributed by atoms with van der Waals surface area (Å²) in [6.07, 6.45) is -3.36. The maximum Gasteiger partial charge on any atom is 0.416 e. The lowest BCUT2D eigenvalue weighted by Crippen LogP contribution is -2.18. The molecule has 2 nitrogen and oxygen atoms in total. The molecular formula is C13H16F3NO. The van der Waals surface area contributed by atoms with E-state index in [0.717, 1.165) is 37.2 Å². The van der Waals surface area contributed by atoms with Crippen LogP contribution < -0.4 is 5.32 Å². The normalized spacial score (nSPS) is 22.1. The van der Waals surface area contributed by atoms with Crippen molar-refractivity contribution < 1.29 is 17.9 Å². The van der Waals surface area contributed by atoms with Crippen molar-refractivity contribution in [3.63, 3.8) is 0 Å². The number of nitrogens with one attached hydrogen (secondary N) is 1. The minimum absolute atomic E-state index is 0.155. The van der Waals surface area contributed by atoms with Crippen LogP contribution in [0.5, 0.6) is 0 Å². The molecule has 1 saturated heterocycles. The Morgan fingerprint density at radius 2 is 1.94 bits per heavy atom. The summed E-state index contributed by atoms with van der Waals surface area (Å²) >= 11 is 0. The van der Waals surface area contributed by atoms with E-state index in [0.29, 0.717) is 0 Å². The molecular weight excluding hydrogens is 243 g/mol. The first-order chi connectivity index (χ1) is 8.47. The minimum Gasteiger partial charge on any atom is -0.369 e. The second kappa shape index (κ2) is 5.28. The molecule has 1 heterocycles. The van der Waals surface area contributed by atoms with Crippen molar-refractivity contribution in [1.29, 1.82) is 0 Å². The molecule has 0 bridgehead atoms. The monoisotopic (exact) mass is 259 g/mol. The van der Waals surface area contributed by atoms with Gasteiger partial charge in [0.2, 0.25) is 0 Å². The van der Waals surface area contributed by atoms with Gasteiger partial charge in [0.15, 0.2) is 0 Å². The number of alkyl halides is 3. The topological polar surface area (TPSA) is 21.3 Å². The molecule has 0 aliphatic carbocycles. The summed E-state index contributed by atoms with van der Waals surface area (Å²) < 4.78 is 43.0. The van der Waals surface area contributed by atoms with Crippen LogP contribution in [0.4, 0.5) is 13.2 Å². The van der Waals surface area contributed by atoms with Gasteiger partial charge in [-0.25, -0.2) is 0 Å². The van der Waals surface area contributed by atoms with Gasteiger partial charge in [-0.3, -0.25) is 0 Å². The van der Waals surface area contributed by atoms with Gasteiger partial charge in [-0.15, -0.1) is 0 Å². The van der Waals surface area contributed by atoms with Gasteiger partial charge in [0.05, 0.1) is 17.8 Å². The summed E-state index contributed by atoms with van der Waals surface area (Å²) in [7, 11) is 0. The minimum atomic E-state index is -4.28. The summed E-state index contributed by atoms with van der Waals surface area (Å²) in [4.78, 5) is 0. The Bertz CT molecular complexity index is 382. The van der Waals surface area contributed by atoms with E-state index in [2.05, 4.69) is 5.32 Å². The van der Waals surface area contributed by atoms with Crippen LogP contribution in [0.2, 0.25) is 0 Å². The highest BCUT2D eigenvalue weighted by atomic mass is 19.4. The van der Waals surface area contributed by atoms with Gasteiger partial charge in [0.25, 0.3) is 0 Å². The van der Waals surface area contributed by atoms with E-state index < -0.39 is 11.7 Å². The van der Waals surface area contributed by atoms with Crippen molar-refractivity contribution >= 4 is 0 Å². The van der Waals surface area contributed by atoms with Crippen molar-refractivity contribution in [2.24, 2.45) is 0 Å². The van der Waals surface area contributed by atoms with Gasteiger partial charge in [-0.05, 0) is 37.6 Å². The fraction of sp³-hybridized carbons (Fsp3) is 0.538. The van der Waals surface area contributed by atoms with E-state index in [1.165, 1.54) is 12.1 Å². The first kappa shape index (κ1) is 13.4. The summed E-state index contributed by atoms with van der Waals surface area (Å²) in [5.41, 5.74) is 0.149. The standard InChI is InChI=1S/C13H16F3NO/c1-9(18-12-6-7-17-8-12)10-2-4-11(5-3-10)13(14,15)16/h2-5,9,12,17H,6-8H2,1H3. The highest BCUT2D eigenvalue weighted by molar-refractivity contribution is 5.25. The lowest BCUT2D eigenvalue weighted by molar-refractivity contribution is -0.137. The van der Waals surface area contributed by atoms with Crippen LogP contribution in [0.25, 0.3) is 0 Å². The molecule has 2 rings (SSSR count). The van der Waals surface area contributed by atoms with E-state index in [1.54, 1.807) is 0 Å². The second-order valence-corrected chi connectivity index (χ2v) is 4.51. The largest absolute Gasteiger partial charge is 0.416 e. The Balaban J connectivity index is 2.00. The van der Waals surface area contributed by atoms with E-state index >= 15 is 0 Å². The van der Waals surface area contributed by atoms with Crippen LogP contribution >= 0.6 is 0 Å². The first-order valence-electron chi connectivity index (χ1n) is 6.00. The van der Waals surface area contributed by atoms with Crippen LogP contribution in [0.1, 0.15) is 30.6 Å². The predicted octanol–water partition coefficient (Wildman–Crippen LogP) is 3.14. The van der Waals surface area contributed by atoms with Crippen molar-refractivity contribution in [2.75, 3.05) is 13.1 Å². The van der Waals surface area contributed by atoms with Crippen molar-refractivity contribution in [1.82, 2.24) is 5.32 Å². The Morgan fingerprint density at radius 3 is 2.44 bits per heavy atom. The Morgan fingerprint density at radius 1 is 1.28 bits per heavy atom. The summed E-state index contributed by atoms with van der Waals surface area (Å²) in [5, 5.41) is 3.18. The molecule has 0 radical (unpaired) electrons. The third-order valence-corrected chi connectivity index (χ3v) is 3.12. The van der Waals surface area contributed by atoms with Gasteiger partial charge in [-0.1, -0.05) is 12.1 Å². The van der Waals surface area contributed by atoms with Crippen LogP contribution in [-0.4, -0.2) is 19.2 Å². The molecule has 1 N–H and O–H groups in total. The third-order valence-electron chi connectivity index (χ3n) is 3.12. The van der Waals surface area contributed by atoms with Gasteiger partial charge >= 0.3 is 6.18 Å². The number of hydrogen-bond acceptors (Lipinski definition) is 2.